The lowest BCUT2D eigenvalue weighted by Crippen LogP contribution is -2.32. The highest BCUT2D eigenvalue weighted by Gasteiger charge is 2.18. The van der Waals surface area contributed by atoms with Gasteiger partial charge in [-0.05, 0) is 45.0 Å². The minimum Gasteiger partial charge on any atom is -0.493 e. The van der Waals surface area contributed by atoms with Crippen LogP contribution in [0.25, 0.3) is 0 Å². The molecule has 0 atom stereocenters. The zero-order valence-electron chi connectivity index (χ0n) is 12.3. The molecule has 0 N–H and O–H groups in total. The first kappa shape index (κ1) is 14.9. The van der Waals surface area contributed by atoms with E-state index < -0.39 is 0 Å². The van der Waals surface area contributed by atoms with Crippen molar-refractivity contribution in [1.29, 1.82) is 0 Å². The summed E-state index contributed by atoms with van der Waals surface area (Å²) in [5.41, 5.74) is 0.896. The van der Waals surface area contributed by atoms with Gasteiger partial charge in [0.05, 0.1) is 20.1 Å². The maximum absolute atomic E-state index is 11.4. The number of benzene rings is 1. The van der Waals surface area contributed by atoms with Gasteiger partial charge < -0.3 is 14.4 Å². The fourth-order valence-corrected chi connectivity index (χ4v) is 2.45. The number of hydrogen-bond acceptors (Lipinski definition) is 4. The highest BCUT2D eigenvalue weighted by atomic mass is 16.5. The molecule has 0 bridgehead atoms. The van der Waals surface area contributed by atoms with Crippen LogP contribution in [0.4, 0.5) is 0 Å². The van der Waals surface area contributed by atoms with Gasteiger partial charge in [0.25, 0.3) is 0 Å². The molecule has 110 valence electrons. The molecule has 4 nitrogen and oxygen atoms in total. The number of methoxy groups -OCH3 is 1. The average Bonchev–Trinajstić information content (AvgIpc) is 2.48. The monoisotopic (exact) mass is 277 g/mol. The zero-order valence-corrected chi connectivity index (χ0v) is 12.3. The van der Waals surface area contributed by atoms with Gasteiger partial charge in [0.1, 0.15) is 5.75 Å². The van der Waals surface area contributed by atoms with Crippen LogP contribution in [-0.2, 0) is 16.0 Å². The molecule has 0 aromatic heterocycles. The fourth-order valence-electron chi connectivity index (χ4n) is 2.45. The number of rotatable bonds is 5. The molecule has 1 aliphatic heterocycles. The number of ether oxygens (including phenoxy) is 2. The molecule has 1 aliphatic rings. The van der Waals surface area contributed by atoms with Gasteiger partial charge in [-0.15, -0.1) is 0 Å². The molecule has 0 spiro atoms. The molecule has 0 aliphatic carbocycles. The van der Waals surface area contributed by atoms with E-state index in [-0.39, 0.29) is 12.4 Å². The van der Waals surface area contributed by atoms with E-state index in [2.05, 4.69) is 11.9 Å². The van der Waals surface area contributed by atoms with Crippen molar-refractivity contribution in [3.05, 3.63) is 29.8 Å². The highest BCUT2D eigenvalue weighted by Crippen LogP contribution is 2.22. The first-order valence-electron chi connectivity index (χ1n) is 7.15. The first-order chi connectivity index (χ1) is 9.69. The highest BCUT2D eigenvalue weighted by molar-refractivity contribution is 5.73. The maximum Gasteiger partial charge on any atom is 0.310 e. The Morgan fingerprint density at radius 3 is 2.70 bits per heavy atom. The number of likely N-dealkylation sites (tertiary alicyclic amines) is 1. The number of hydrogen-bond donors (Lipinski definition) is 0. The van der Waals surface area contributed by atoms with Crippen molar-refractivity contribution in [2.24, 2.45) is 5.92 Å². The van der Waals surface area contributed by atoms with Crippen molar-refractivity contribution in [3.8, 4) is 5.75 Å². The zero-order chi connectivity index (χ0) is 14.4. The van der Waals surface area contributed by atoms with Crippen molar-refractivity contribution in [3.63, 3.8) is 0 Å². The van der Waals surface area contributed by atoms with E-state index in [1.165, 1.54) is 20.0 Å². The molecule has 4 heteroatoms. The van der Waals surface area contributed by atoms with Crippen LogP contribution in [-0.4, -0.2) is 44.7 Å². The second kappa shape index (κ2) is 7.29. The van der Waals surface area contributed by atoms with Crippen LogP contribution in [0.15, 0.2) is 24.3 Å². The minimum absolute atomic E-state index is 0.236. The fraction of sp³-hybridized carbons (Fsp3) is 0.562. The van der Waals surface area contributed by atoms with Gasteiger partial charge in [0.2, 0.25) is 0 Å². The van der Waals surface area contributed by atoms with Gasteiger partial charge in [0.15, 0.2) is 0 Å². The lowest BCUT2D eigenvalue weighted by molar-refractivity contribution is -0.139. The number of para-hydroxylation sites is 1. The van der Waals surface area contributed by atoms with Gasteiger partial charge in [-0.3, -0.25) is 4.79 Å². The predicted molar refractivity (Wildman–Crippen MR) is 77.9 cm³/mol. The summed E-state index contributed by atoms with van der Waals surface area (Å²) < 4.78 is 10.6. The van der Waals surface area contributed by atoms with Crippen molar-refractivity contribution in [1.82, 2.24) is 4.90 Å². The molecule has 0 saturated carbocycles. The molecule has 1 aromatic carbocycles. The van der Waals surface area contributed by atoms with E-state index in [1.54, 1.807) is 0 Å². The normalized spacial score (nSPS) is 16.9. The Labute approximate surface area is 120 Å². The van der Waals surface area contributed by atoms with Crippen LogP contribution >= 0.6 is 0 Å². The summed E-state index contributed by atoms with van der Waals surface area (Å²) in [5.74, 6) is 1.18. The third-order valence-electron chi connectivity index (χ3n) is 3.85. The Morgan fingerprint density at radius 2 is 2.00 bits per heavy atom. The quantitative estimate of drug-likeness (QED) is 0.773. The molecule has 20 heavy (non-hydrogen) atoms. The molecule has 1 heterocycles. The van der Waals surface area contributed by atoms with Gasteiger partial charge in [-0.1, -0.05) is 18.2 Å². The maximum atomic E-state index is 11.4. The SMILES string of the molecule is COC(=O)Cc1ccccc1OCC1CCN(C)CC1. The topological polar surface area (TPSA) is 38.8 Å². The summed E-state index contributed by atoms with van der Waals surface area (Å²) >= 11 is 0. The van der Waals surface area contributed by atoms with Crippen LogP contribution in [0.5, 0.6) is 5.75 Å². The molecule has 1 fully saturated rings. The number of piperidine rings is 1. The van der Waals surface area contributed by atoms with Gasteiger partial charge in [0, 0.05) is 5.56 Å². The van der Waals surface area contributed by atoms with E-state index in [0.29, 0.717) is 5.92 Å². The van der Waals surface area contributed by atoms with Crippen LogP contribution in [0.3, 0.4) is 0 Å². The summed E-state index contributed by atoms with van der Waals surface area (Å²) in [6, 6.07) is 7.69. The van der Waals surface area contributed by atoms with Gasteiger partial charge >= 0.3 is 5.97 Å². The summed E-state index contributed by atoms with van der Waals surface area (Å²) in [7, 11) is 3.56. The standard InChI is InChI=1S/C16H23NO3/c1-17-9-7-13(8-10-17)12-20-15-6-4-3-5-14(15)11-16(18)19-2/h3-6,13H,7-12H2,1-2H3. The van der Waals surface area contributed by atoms with E-state index in [9.17, 15) is 4.79 Å². The van der Waals surface area contributed by atoms with Crippen molar-refractivity contribution < 1.29 is 14.3 Å². The Hall–Kier alpha value is -1.55. The number of esters is 1. The molecular weight excluding hydrogens is 254 g/mol. The predicted octanol–water partition coefficient (Wildman–Crippen LogP) is 2.12. The van der Waals surface area contributed by atoms with Crippen molar-refractivity contribution >= 4 is 5.97 Å². The smallest absolute Gasteiger partial charge is 0.310 e. The lowest BCUT2D eigenvalue weighted by atomic mass is 9.98. The van der Waals surface area contributed by atoms with Crippen molar-refractivity contribution in [2.45, 2.75) is 19.3 Å². The van der Waals surface area contributed by atoms with Crippen molar-refractivity contribution in [2.75, 3.05) is 33.9 Å². The third kappa shape index (κ3) is 4.23. The van der Waals surface area contributed by atoms with Crippen LogP contribution in [0.2, 0.25) is 0 Å². The lowest BCUT2D eigenvalue weighted by Gasteiger charge is -2.28. The molecule has 2 rings (SSSR count). The van der Waals surface area contributed by atoms with E-state index in [1.807, 2.05) is 24.3 Å². The minimum atomic E-state index is -0.236. The average molecular weight is 277 g/mol. The number of carbonyl (C=O) groups is 1. The Balaban J connectivity index is 1.90. The molecule has 0 amide bonds. The summed E-state index contributed by atoms with van der Waals surface area (Å²) in [6.45, 7) is 3.00. The van der Waals surface area contributed by atoms with Crippen LogP contribution in [0, 0.1) is 5.92 Å². The Kier molecular flexibility index (Phi) is 5.41. The molecule has 0 unspecified atom stereocenters. The second-order valence-electron chi connectivity index (χ2n) is 5.42. The van der Waals surface area contributed by atoms with E-state index in [0.717, 1.165) is 31.0 Å². The molecule has 1 saturated heterocycles. The molecule has 0 radical (unpaired) electrons. The number of nitrogens with zero attached hydrogens (tertiary/aromatic N) is 1. The first-order valence-corrected chi connectivity index (χ1v) is 7.15. The third-order valence-corrected chi connectivity index (χ3v) is 3.85. The van der Waals surface area contributed by atoms with Gasteiger partial charge in [-0.2, -0.15) is 0 Å². The Bertz CT molecular complexity index is 439. The Morgan fingerprint density at radius 1 is 1.30 bits per heavy atom. The van der Waals surface area contributed by atoms with Gasteiger partial charge in [-0.25, -0.2) is 0 Å². The molecule has 1 aromatic rings. The number of carbonyl (C=O) groups excluding carboxylic acids is 1. The second-order valence-corrected chi connectivity index (χ2v) is 5.42. The largest absolute Gasteiger partial charge is 0.493 e. The summed E-state index contributed by atoms with van der Waals surface area (Å²) in [4.78, 5) is 13.7. The molecular formula is C16H23NO3. The van der Waals surface area contributed by atoms with E-state index >= 15 is 0 Å². The van der Waals surface area contributed by atoms with Crippen LogP contribution < -0.4 is 4.74 Å². The summed E-state index contributed by atoms with van der Waals surface area (Å²) in [5, 5.41) is 0. The van der Waals surface area contributed by atoms with E-state index in [4.69, 9.17) is 9.47 Å². The summed E-state index contributed by atoms with van der Waals surface area (Å²) in [6.07, 6.45) is 2.62. The van der Waals surface area contributed by atoms with Crippen LogP contribution in [0.1, 0.15) is 18.4 Å².